The first-order valence-electron chi connectivity index (χ1n) is 12.1. The van der Waals surface area contributed by atoms with Crippen molar-refractivity contribution in [2.24, 2.45) is 0 Å². The number of carbonyl (C=O) groups is 3. The van der Waals surface area contributed by atoms with Crippen LogP contribution in [-0.4, -0.2) is 81.4 Å². The van der Waals surface area contributed by atoms with Crippen molar-refractivity contribution in [3.63, 3.8) is 0 Å². The minimum atomic E-state index is -1.45. The van der Waals surface area contributed by atoms with Gasteiger partial charge < -0.3 is 15.5 Å². The van der Waals surface area contributed by atoms with E-state index < -0.39 is 24.0 Å². The molecule has 0 bridgehead atoms. The number of benzene rings is 2. The zero-order chi connectivity index (χ0) is 26.2. The molecule has 1 fully saturated rings. The van der Waals surface area contributed by atoms with E-state index in [4.69, 9.17) is 0 Å². The minimum Gasteiger partial charge on any atom is -0.480 e. The van der Waals surface area contributed by atoms with E-state index in [2.05, 4.69) is 26.4 Å². The zero-order valence-electron chi connectivity index (χ0n) is 20.3. The van der Waals surface area contributed by atoms with Crippen molar-refractivity contribution in [1.82, 2.24) is 35.9 Å². The molecule has 2 amide bonds. The summed E-state index contributed by atoms with van der Waals surface area (Å²) in [5.41, 5.74) is 1.87. The molecule has 0 aliphatic carbocycles. The van der Waals surface area contributed by atoms with Crippen molar-refractivity contribution < 1.29 is 24.6 Å². The second kappa shape index (κ2) is 12.3. The first-order valence-corrected chi connectivity index (χ1v) is 12.1. The number of fused-ring (bicyclic) bond motifs is 1. The van der Waals surface area contributed by atoms with E-state index in [-0.39, 0.29) is 19.4 Å². The molecule has 1 aliphatic heterocycles. The van der Waals surface area contributed by atoms with Gasteiger partial charge in [0, 0.05) is 37.1 Å². The monoisotopic (exact) mass is 509 g/mol. The number of hydrogen-bond acceptors (Lipinski definition) is 7. The van der Waals surface area contributed by atoms with Gasteiger partial charge in [-0.05, 0) is 36.7 Å². The van der Waals surface area contributed by atoms with Crippen LogP contribution in [0.1, 0.15) is 22.3 Å². The summed E-state index contributed by atoms with van der Waals surface area (Å²) >= 11 is 0. The molecule has 12 nitrogen and oxygen atoms in total. The highest BCUT2D eigenvalue weighted by molar-refractivity contribution is 5.98. The molecule has 196 valence electrons. The van der Waals surface area contributed by atoms with Crippen LogP contribution in [0, 0.1) is 0 Å². The van der Waals surface area contributed by atoms with Gasteiger partial charge in [0.1, 0.15) is 6.29 Å². The number of aromatic nitrogens is 2. The molecule has 4 rings (SSSR count). The Kier molecular flexibility index (Phi) is 8.67. The lowest BCUT2D eigenvalue weighted by atomic mass is 10.1. The Bertz CT molecular complexity index is 1230. The number of nitrogens with one attached hydrogen (secondary N) is 4. The van der Waals surface area contributed by atoms with Gasteiger partial charge in [0.05, 0.1) is 18.3 Å². The first kappa shape index (κ1) is 26.1. The van der Waals surface area contributed by atoms with Crippen LogP contribution in [0.2, 0.25) is 0 Å². The van der Waals surface area contributed by atoms with Gasteiger partial charge in [-0.15, -0.1) is 0 Å². The van der Waals surface area contributed by atoms with E-state index in [1.807, 2.05) is 4.68 Å². The number of aryl methyl sites for hydroxylation is 1. The van der Waals surface area contributed by atoms with Crippen LogP contribution in [0.3, 0.4) is 0 Å². The van der Waals surface area contributed by atoms with Crippen molar-refractivity contribution in [3.8, 4) is 0 Å². The normalized spacial score (nSPS) is 14.5. The van der Waals surface area contributed by atoms with Crippen molar-refractivity contribution >= 4 is 28.9 Å². The highest BCUT2D eigenvalue weighted by Crippen LogP contribution is 2.17. The Morgan fingerprint density at radius 1 is 1.11 bits per heavy atom. The highest BCUT2D eigenvalue weighted by atomic mass is 16.4. The number of aliphatic carboxylic acids is 1. The molecule has 0 radical (unpaired) electrons. The van der Waals surface area contributed by atoms with E-state index in [9.17, 15) is 24.6 Å². The summed E-state index contributed by atoms with van der Waals surface area (Å²) < 4.78 is 1.88. The third kappa shape index (κ3) is 6.82. The summed E-state index contributed by atoms with van der Waals surface area (Å²) in [5.74, 6) is -1.84. The Labute approximate surface area is 213 Å². The van der Waals surface area contributed by atoms with Gasteiger partial charge in [-0.25, -0.2) is 9.59 Å². The van der Waals surface area contributed by atoms with E-state index >= 15 is 0 Å². The Hall–Kier alpha value is -4.00. The molecule has 0 spiro atoms. The molecule has 0 saturated carbocycles. The molecule has 1 aromatic heterocycles. The Morgan fingerprint density at radius 2 is 1.86 bits per heavy atom. The van der Waals surface area contributed by atoms with Crippen LogP contribution in [0.4, 0.5) is 4.79 Å². The van der Waals surface area contributed by atoms with Crippen molar-refractivity contribution in [3.05, 3.63) is 65.9 Å². The predicted molar refractivity (Wildman–Crippen MR) is 136 cm³/mol. The maximum absolute atomic E-state index is 12.8. The Balaban J connectivity index is 1.35. The molecule has 1 saturated heterocycles. The van der Waals surface area contributed by atoms with E-state index in [0.29, 0.717) is 17.7 Å². The fourth-order valence-corrected chi connectivity index (χ4v) is 4.24. The third-order valence-electron chi connectivity index (χ3n) is 6.18. The summed E-state index contributed by atoms with van der Waals surface area (Å²) in [6.45, 7) is 2.93. The summed E-state index contributed by atoms with van der Waals surface area (Å²) in [4.78, 5) is 37.3. The van der Waals surface area contributed by atoms with Crippen LogP contribution >= 0.6 is 0 Å². The molecule has 3 aromatic rings. The van der Waals surface area contributed by atoms with Crippen LogP contribution in [0.15, 0.2) is 54.7 Å². The van der Waals surface area contributed by atoms with Crippen LogP contribution in [0.25, 0.3) is 10.9 Å². The number of carboxylic acids is 1. The van der Waals surface area contributed by atoms with Gasteiger partial charge in [-0.2, -0.15) is 5.10 Å². The fourth-order valence-electron chi connectivity index (χ4n) is 4.24. The van der Waals surface area contributed by atoms with Gasteiger partial charge in [0.25, 0.3) is 5.91 Å². The molecule has 1 atom stereocenters. The predicted octanol–water partition coefficient (Wildman–Crippen LogP) is 0.856. The lowest BCUT2D eigenvalue weighted by molar-refractivity contribution is -0.142. The number of nitrogens with zero attached hydrogens (tertiary/aromatic N) is 3. The van der Waals surface area contributed by atoms with Gasteiger partial charge in [0.2, 0.25) is 0 Å². The average Bonchev–Trinajstić information content (AvgIpc) is 3.56. The van der Waals surface area contributed by atoms with Crippen LogP contribution in [0.5, 0.6) is 0 Å². The van der Waals surface area contributed by atoms with Crippen LogP contribution < -0.4 is 21.3 Å². The third-order valence-corrected chi connectivity index (χ3v) is 6.18. The minimum absolute atomic E-state index is 0.114. The van der Waals surface area contributed by atoms with E-state index in [1.54, 1.807) is 54.7 Å². The molecule has 37 heavy (non-hydrogen) atoms. The van der Waals surface area contributed by atoms with Gasteiger partial charge in [-0.1, -0.05) is 30.3 Å². The number of carboxylic acid groups (broad SMARTS) is 2. The quantitative estimate of drug-likeness (QED) is 0.195. The fraction of sp³-hybridized carbons (Fsp3) is 0.360. The number of rotatable bonds is 12. The molecular formula is C25H31N7O5. The molecule has 1 unspecified atom stereocenters. The maximum Gasteiger partial charge on any atom is 0.408 e. The topological polar surface area (TPSA) is 161 Å². The molecule has 1 aliphatic rings. The second-order valence-electron chi connectivity index (χ2n) is 8.75. The molecule has 6 N–H and O–H groups in total. The smallest absolute Gasteiger partial charge is 0.408 e. The number of carbonyl (C=O) groups excluding carboxylic acids is 1. The summed E-state index contributed by atoms with van der Waals surface area (Å²) in [5, 5.41) is 37.0. The van der Waals surface area contributed by atoms with Crippen molar-refractivity contribution in [2.75, 3.05) is 26.2 Å². The molecule has 2 aromatic carbocycles. The maximum atomic E-state index is 12.8. The summed E-state index contributed by atoms with van der Waals surface area (Å²) in [6, 6.07) is 12.4. The lowest BCUT2D eigenvalue weighted by Crippen LogP contribution is -2.50. The summed E-state index contributed by atoms with van der Waals surface area (Å²) in [7, 11) is 0. The molecule has 2 heterocycles. The number of amides is 2. The average molecular weight is 510 g/mol. The summed E-state index contributed by atoms with van der Waals surface area (Å²) in [6.07, 6.45) is 1.31. The molecule has 12 heteroatoms. The van der Waals surface area contributed by atoms with Gasteiger partial charge in [0.15, 0.2) is 6.04 Å². The van der Waals surface area contributed by atoms with E-state index in [0.717, 1.165) is 41.9 Å². The zero-order valence-corrected chi connectivity index (χ0v) is 20.3. The molecular weight excluding hydrogens is 478 g/mol. The van der Waals surface area contributed by atoms with E-state index in [1.165, 1.54) is 0 Å². The lowest BCUT2D eigenvalue weighted by Gasteiger charge is -2.26. The first-order chi connectivity index (χ1) is 17.9. The van der Waals surface area contributed by atoms with Crippen LogP contribution in [-0.2, 0) is 17.9 Å². The SMILES string of the molecule is O=C(NCC(C(=O)O)N(Cc1ccccc1)C(=O)O)c1ccc2c(cnn2CCCNC2NCCN2)c1. The van der Waals surface area contributed by atoms with Gasteiger partial charge in [-0.3, -0.25) is 30.3 Å². The standard InChI is InChI=1S/C25H31N7O5/c33-22(29-15-21(23(34)35)31(25(36)37)16-17-5-2-1-3-6-17)18-7-8-20-19(13-18)14-30-32(20)12-4-9-26-24-27-10-11-28-24/h1-3,5-8,13-14,21,24,26-28H,4,9-12,15-16H2,(H,29,33)(H,34,35)(H,36,37). The van der Waals surface area contributed by atoms with Crippen molar-refractivity contribution in [1.29, 1.82) is 0 Å². The second-order valence-corrected chi connectivity index (χ2v) is 8.75. The largest absolute Gasteiger partial charge is 0.480 e. The van der Waals surface area contributed by atoms with Crippen molar-refractivity contribution in [2.45, 2.75) is 31.8 Å². The Morgan fingerprint density at radius 3 is 2.57 bits per heavy atom. The highest BCUT2D eigenvalue weighted by Gasteiger charge is 2.30. The van der Waals surface area contributed by atoms with Gasteiger partial charge >= 0.3 is 12.1 Å². The number of hydrogen-bond donors (Lipinski definition) is 6.